The van der Waals surface area contributed by atoms with Gasteiger partial charge in [-0.3, -0.25) is 0 Å². The zero-order valence-corrected chi connectivity index (χ0v) is 11.5. The van der Waals surface area contributed by atoms with Gasteiger partial charge in [-0.25, -0.2) is 4.79 Å². The molecule has 0 N–H and O–H groups in total. The lowest BCUT2D eigenvalue weighted by Gasteiger charge is -2.13. The summed E-state index contributed by atoms with van der Waals surface area (Å²) in [6.45, 7) is 2.09. The van der Waals surface area contributed by atoms with Gasteiger partial charge in [-0.15, -0.1) is 0 Å². The molecule has 0 saturated heterocycles. The van der Waals surface area contributed by atoms with Crippen LogP contribution in [-0.4, -0.2) is 12.3 Å². The van der Waals surface area contributed by atoms with Crippen molar-refractivity contribution < 1.29 is 14.3 Å². The van der Waals surface area contributed by atoms with Crippen molar-refractivity contribution in [2.45, 2.75) is 26.1 Å². The molecule has 2 rings (SSSR count). The van der Waals surface area contributed by atoms with Crippen LogP contribution in [0, 0.1) is 0 Å². The van der Waals surface area contributed by atoms with Crippen molar-refractivity contribution in [2.75, 3.05) is 0 Å². The van der Waals surface area contributed by atoms with Crippen molar-refractivity contribution >= 4 is 6.16 Å². The van der Waals surface area contributed by atoms with E-state index in [0.717, 1.165) is 11.1 Å². The van der Waals surface area contributed by atoms with Crippen LogP contribution in [0.15, 0.2) is 60.7 Å². The van der Waals surface area contributed by atoms with Gasteiger partial charge in [0.1, 0.15) is 12.7 Å². The molecule has 0 fully saturated rings. The SMILES string of the molecule is CC(Cc1ccccc1)OC(=O)OCc1ccccc1. The Morgan fingerprint density at radius 2 is 1.50 bits per heavy atom. The predicted octanol–water partition coefficient (Wildman–Crippen LogP) is 3.97. The lowest BCUT2D eigenvalue weighted by Crippen LogP contribution is -2.18. The molecule has 0 saturated carbocycles. The van der Waals surface area contributed by atoms with E-state index in [9.17, 15) is 4.79 Å². The standard InChI is InChI=1S/C17H18O3/c1-14(12-15-8-4-2-5-9-15)20-17(18)19-13-16-10-6-3-7-11-16/h2-11,14H,12-13H2,1H3. The normalized spacial score (nSPS) is 11.7. The van der Waals surface area contributed by atoms with Crippen LogP contribution >= 0.6 is 0 Å². The third-order valence-corrected chi connectivity index (χ3v) is 2.86. The predicted molar refractivity (Wildman–Crippen MR) is 77.3 cm³/mol. The molecule has 0 bridgehead atoms. The van der Waals surface area contributed by atoms with Crippen LogP contribution in [0.1, 0.15) is 18.1 Å². The van der Waals surface area contributed by atoms with Gasteiger partial charge in [0.05, 0.1) is 0 Å². The first kappa shape index (κ1) is 14.1. The molecule has 104 valence electrons. The molecule has 0 aliphatic carbocycles. The van der Waals surface area contributed by atoms with Crippen molar-refractivity contribution in [1.29, 1.82) is 0 Å². The molecule has 0 aliphatic rings. The van der Waals surface area contributed by atoms with E-state index in [0.29, 0.717) is 6.42 Å². The second-order valence-corrected chi connectivity index (χ2v) is 4.64. The highest BCUT2D eigenvalue weighted by molar-refractivity contribution is 5.60. The highest BCUT2D eigenvalue weighted by Crippen LogP contribution is 2.07. The van der Waals surface area contributed by atoms with Crippen LogP contribution in [0.3, 0.4) is 0 Å². The first-order valence-corrected chi connectivity index (χ1v) is 6.65. The van der Waals surface area contributed by atoms with Gasteiger partial charge < -0.3 is 9.47 Å². The van der Waals surface area contributed by atoms with Gasteiger partial charge in [0.15, 0.2) is 0 Å². The molecule has 0 aliphatic heterocycles. The van der Waals surface area contributed by atoms with E-state index in [2.05, 4.69) is 0 Å². The van der Waals surface area contributed by atoms with E-state index in [-0.39, 0.29) is 12.7 Å². The quantitative estimate of drug-likeness (QED) is 0.771. The number of carbonyl (C=O) groups excluding carboxylic acids is 1. The van der Waals surface area contributed by atoms with Gasteiger partial charge in [0.25, 0.3) is 0 Å². The van der Waals surface area contributed by atoms with Crippen LogP contribution in [0.25, 0.3) is 0 Å². The topological polar surface area (TPSA) is 35.5 Å². The summed E-state index contributed by atoms with van der Waals surface area (Å²) in [5.74, 6) is 0. The van der Waals surface area contributed by atoms with Crippen molar-refractivity contribution in [3.05, 3.63) is 71.8 Å². The van der Waals surface area contributed by atoms with Crippen molar-refractivity contribution in [2.24, 2.45) is 0 Å². The molecule has 1 unspecified atom stereocenters. The van der Waals surface area contributed by atoms with Gasteiger partial charge in [0.2, 0.25) is 0 Å². The highest BCUT2D eigenvalue weighted by Gasteiger charge is 2.11. The van der Waals surface area contributed by atoms with E-state index in [1.807, 2.05) is 67.6 Å². The molecule has 0 heterocycles. The Hall–Kier alpha value is -2.29. The van der Waals surface area contributed by atoms with E-state index in [1.54, 1.807) is 0 Å². The van der Waals surface area contributed by atoms with Gasteiger partial charge in [0, 0.05) is 6.42 Å². The minimum atomic E-state index is -0.628. The van der Waals surface area contributed by atoms with Gasteiger partial charge in [-0.05, 0) is 18.1 Å². The second kappa shape index (κ2) is 7.34. The van der Waals surface area contributed by atoms with Crippen LogP contribution in [-0.2, 0) is 22.5 Å². The first-order valence-electron chi connectivity index (χ1n) is 6.65. The second-order valence-electron chi connectivity index (χ2n) is 4.64. The van der Waals surface area contributed by atoms with Gasteiger partial charge in [-0.2, -0.15) is 0 Å². The molecular weight excluding hydrogens is 252 g/mol. The number of carbonyl (C=O) groups is 1. The number of ether oxygens (including phenoxy) is 2. The Bertz CT molecular complexity index is 522. The molecule has 2 aromatic rings. The fourth-order valence-corrected chi connectivity index (χ4v) is 1.90. The summed E-state index contributed by atoms with van der Waals surface area (Å²) in [5, 5.41) is 0. The molecular formula is C17H18O3. The average Bonchev–Trinajstić information content (AvgIpc) is 2.47. The lowest BCUT2D eigenvalue weighted by molar-refractivity contribution is 0.0247. The molecule has 0 spiro atoms. The van der Waals surface area contributed by atoms with Crippen LogP contribution < -0.4 is 0 Å². The molecule has 0 amide bonds. The Morgan fingerprint density at radius 1 is 0.950 bits per heavy atom. The van der Waals surface area contributed by atoms with Crippen molar-refractivity contribution in [1.82, 2.24) is 0 Å². The number of rotatable bonds is 5. The summed E-state index contributed by atoms with van der Waals surface area (Å²) in [5.41, 5.74) is 2.08. The largest absolute Gasteiger partial charge is 0.508 e. The van der Waals surface area contributed by atoms with E-state index in [1.165, 1.54) is 0 Å². The van der Waals surface area contributed by atoms with Crippen molar-refractivity contribution in [3.63, 3.8) is 0 Å². The summed E-state index contributed by atoms with van der Waals surface area (Å²) < 4.78 is 10.3. The zero-order chi connectivity index (χ0) is 14.2. The monoisotopic (exact) mass is 270 g/mol. The smallest absolute Gasteiger partial charge is 0.431 e. The molecule has 2 aromatic carbocycles. The number of hydrogen-bond donors (Lipinski definition) is 0. The Morgan fingerprint density at radius 3 is 2.10 bits per heavy atom. The third-order valence-electron chi connectivity index (χ3n) is 2.86. The minimum absolute atomic E-state index is 0.208. The summed E-state index contributed by atoms with van der Waals surface area (Å²) in [4.78, 5) is 11.6. The van der Waals surface area contributed by atoms with E-state index in [4.69, 9.17) is 9.47 Å². The molecule has 0 aromatic heterocycles. The maximum absolute atomic E-state index is 11.6. The molecule has 20 heavy (non-hydrogen) atoms. The van der Waals surface area contributed by atoms with Crippen LogP contribution in [0.2, 0.25) is 0 Å². The molecule has 3 nitrogen and oxygen atoms in total. The zero-order valence-electron chi connectivity index (χ0n) is 11.5. The summed E-state index contributed by atoms with van der Waals surface area (Å²) in [6.07, 6.45) is -0.153. The molecule has 3 heteroatoms. The first-order chi connectivity index (χ1) is 9.74. The maximum Gasteiger partial charge on any atom is 0.508 e. The minimum Gasteiger partial charge on any atom is -0.431 e. The number of hydrogen-bond acceptors (Lipinski definition) is 3. The Kier molecular flexibility index (Phi) is 5.18. The highest BCUT2D eigenvalue weighted by atomic mass is 16.7. The van der Waals surface area contributed by atoms with Gasteiger partial charge in [-0.1, -0.05) is 60.7 Å². The Balaban J connectivity index is 1.74. The molecule has 0 radical (unpaired) electrons. The summed E-state index contributed by atoms with van der Waals surface area (Å²) in [7, 11) is 0. The van der Waals surface area contributed by atoms with Crippen molar-refractivity contribution in [3.8, 4) is 0 Å². The maximum atomic E-state index is 11.6. The van der Waals surface area contributed by atoms with Crippen LogP contribution in [0.5, 0.6) is 0 Å². The third kappa shape index (κ3) is 4.76. The summed E-state index contributed by atoms with van der Waals surface area (Å²) in [6, 6.07) is 19.5. The fourth-order valence-electron chi connectivity index (χ4n) is 1.90. The van der Waals surface area contributed by atoms with Gasteiger partial charge >= 0.3 is 6.16 Å². The van der Waals surface area contributed by atoms with E-state index < -0.39 is 6.16 Å². The number of benzene rings is 2. The van der Waals surface area contributed by atoms with Crippen LogP contribution in [0.4, 0.5) is 4.79 Å². The van der Waals surface area contributed by atoms with E-state index >= 15 is 0 Å². The fraction of sp³-hybridized carbons (Fsp3) is 0.235. The summed E-state index contributed by atoms with van der Waals surface area (Å²) >= 11 is 0. The molecule has 1 atom stereocenters. The average molecular weight is 270 g/mol. The lowest BCUT2D eigenvalue weighted by atomic mass is 10.1. The Labute approximate surface area is 119 Å².